The summed E-state index contributed by atoms with van der Waals surface area (Å²) in [5.41, 5.74) is -0.0824. The number of H-pyrrole nitrogens is 1. The lowest BCUT2D eigenvalue weighted by Crippen LogP contribution is -2.38. The second kappa shape index (κ2) is 11.8. The van der Waals surface area contributed by atoms with Gasteiger partial charge in [-0.1, -0.05) is 0 Å². The van der Waals surface area contributed by atoms with E-state index in [1.807, 2.05) is 25.7 Å². The van der Waals surface area contributed by atoms with Crippen LogP contribution in [0.3, 0.4) is 0 Å². The van der Waals surface area contributed by atoms with E-state index >= 15 is 0 Å². The van der Waals surface area contributed by atoms with Crippen LogP contribution in [0.15, 0.2) is 4.79 Å². The maximum absolute atomic E-state index is 12.8. The Morgan fingerprint density at radius 2 is 1.83 bits per heavy atom. The predicted octanol–water partition coefficient (Wildman–Crippen LogP) is 2.21. The third-order valence-electron chi connectivity index (χ3n) is 5.79. The Morgan fingerprint density at radius 3 is 2.46 bits per heavy atom. The van der Waals surface area contributed by atoms with Crippen molar-refractivity contribution in [3.8, 4) is 0 Å². The number of aromatic nitrogens is 4. The third-order valence-corrected chi connectivity index (χ3v) is 5.79. The molecule has 0 amide bonds. The minimum absolute atomic E-state index is 0.211. The third kappa shape index (κ3) is 7.35. The fourth-order valence-corrected chi connectivity index (χ4v) is 4.10. The lowest BCUT2D eigenvalue weighted by molar-refractivity contribution is -0.154. The highest BCUT2D eigenvalue weighted by atomic mass is 16.6. The van der Waals surface area contributed by atoms with E-state index in [0.717, 1.165) is 25.9 Å². The Balaban J connectivity index is 1.91. The van der Waals surface area contributed by atoms with E-state index in [-0.39, 0.29) is 29.6 Å². The summed E-state index contributed by atoms with van der Waals surface area (Å²) in [4.78, 5) is 45.9. The van der Waals surface area contributed by atoms with Gasteiger partial charge in [0.1, 0.15) is 16.9 Å². The van der Waals surface area contributed by atoms with E-state index in [1.165, 1.54) is 0 Å². The average Bonchev–Trinajstić information content (AvgIpc) is 2.79. The Kier molecular flexibility index (Phi) is 9.01. The van der Waals surface area contributed by atoms with Crippen molar-refractivity contribution in [1.29, 1.82) is 0 Å². The maximum Gasteiger partial charge on any atom is 0.306 e. The molecule has 0 bridgehead atoms. The van der Waals surface area contributed by atoms with E-state index in [0.29, 0.717) is 49.2 Å². The summed E-state index contributed by atoms with van der Waals surface area (Å²) in [5.74, 6) is 1.32. The highest BCUT2D eigenvalue weighted by Crippen LogP contribution is 2.27. The smallest absolute Gasteiger partial charge is 0.306 e. The largest absolute Gasteiger partial charge is 0.460 e. The van der Waals surface area contributed by atoms with Crippen LogP contribution in [0.25, 0.3) is 11.0 Å². The lowest BCUT2D eigenvalue weighted by Gasteiger charge is -2.33. The monoisotopic (exact) mass is 490 g/mol. The van der Waals surface area contributed by atoms with E-state index in [1.54, 1.807) is 21.1 Å². The van der Waals surface area contributed by atoms with Gasteiger partial charge in [0.2, 0.25) is 5.95 Å². The molecule has 11 heteroatoms. The van der Waals surface area contributed by atoms with Crippen LogP contribution in [0.5, 0.6) is 0 Å². The molecule has 0 radical (unpaired) electrons. The van der Waals surface area contributed by atoms with E-state index in [2.05, 4.69) is 19.9 Å². The van der Waals surface area contributed by atoms with Crippen molar-refractivity contribution in [3.63, 3.8) is 0 Å². The quantitative estimate of drug-likeness (QED) is 0.496. The first-order valence-electron chi connectivity index (χ1n) is 12.1. The van der Waals surface area contributed by atoms with Crippen LogP contribution in [0.1, 0.15) is 52.3 Å². The van der Waals surface area contributed by atoms with Gasteiger partial charge in [-0.05, 0) is 47.0 Å². The molecule has 0 spiro atoms. The van der Waals surface area contributed by atoms with E-state index in [4.69, 9.17) is 19.2 Å². The number of anilines is 2. The van der Waals surface area contributed by atoms with Crippen LogP contribution >= 0.6 is 0 Å². The van der Waals surface area contributed by atoms with Gasteiger partial charge in [-0.2, -0.15) is 4.98 Å². The van der Waals surface area contributed by atoms with Crippen LogP contribution in [0, 0.1) is 6.92 Å². The molecule has 0 saturated carbocycles. The van der Waals surface area contributed by atoms with Crippen LogP contribution in [0.2, 0.25) is 0 Å². The molecule has 1 fully saturated rings. The molecule has 0 unspecified atom stereocenters. The number of hydrogen-bond acceptors (Lipinski definition) is 10. The molecular weight excluding hydrogens is 452 g/mol. The van der Waals surface area contributed by atoms with Gasteiger partial charge < -0.3 is 29.0 Å². The average molecular weight is 491 g/mol. The van der Waals surface area contributed by atoms with Crippen molar-refractivity contribution < 1.29 is 19.0 Å². The minimum Gasteiger partial charge on any atom is -0.460 e. The van der Waals surface area contributed by atoms with Crippen LogP contribution in [0.4, 0.5) is 11.8 Å². The second-order valence-corrected chi connectivity index (χ2v) is 9.79. The number of hydrogen-bond donors (Lipinski definition) is 1. The number of fused-ring (bicyclic) bond motifs is 1. The van der Waals surface area contributed by atoms with Crippen molar-refractivity contribution in [3.05, 3.63) is 16.2 Å². The maximum atomic E-state index is 12.8. The fraction of sp³-hybridized carbons (Fsp3) is 0.708. The molecular formula is C24H38N6O5. The van der Waals surface area contributed by atoms with Crippen molar-refractivity contribution in [2.24, 2.45) is 0 Å². The first-order chi connectivity index (χ1) is 16.6. The number of ether oxygens (including phenoxy) is 3. The van der Waals surface area contributed by atoms with Crippen molar-refractivity contribution >= 4 is 28.8 Å². The van der Waals surface area contributed by atoms with E-state index < -0.39 is 5.60 Å². The van der Waals surface area contributed by atoms with Crippen molar-refractivity contribution in [2.75, 3.05) is 56.8 Å². The molecule has 1 saturated heterocycles. The van der Waals surface area contributed by atoms with Gasteiger partial charge in [0.25, 0.3) is 5.56 Å². The Morgan fingerprint density at radius 1 is 1.11 bits per heavy atom. The second-order valence-electron chi connectivity index (χ2n) is 9.79. The molecule has 2 aromatic rings. The molecule has 2 aromatic heterocycles. The van der Waals surface area contributed by atoms with Gasteiger partial charge in [-0.3, -0.25) is 9.59 Å². The zero-order valence-electron chi connectivity index (χ0n) is 21.7. The first kappa shape index (κ1) is 26.8. The number of rotatable bonds is 10. The van der Waals surface area contributed by atoms with Gasteiger partial charge in [0.05, 0.1) is 12.7 Å². The summed E-state index contributed by atoms with van der Waals surface area (Å²) in [6.07, 6.45) is 2.76. The summed E-state index contributed by atoms with van der Waals surface area (Å²) in [7, 11) is 3.36. The van der Waals surface area contributed by atoms with Gasteiger partial charge in [-0.15, -0.1) is 0 Å². The molecule has 0 aromatic carbocycles. The van der Waals surface area contributed by atoms with Crippen molar-refractivity contribution in [2.45, 2.75) is 65.1 Å². The number of methoxy groups -OCH3 is 2. The molecule has 1 aliphatic heterocycles. The Bertz CT molecular complexity index is 1060. The summed E-state index contributed by atoms with van der Waals surface area (Å²) < 4.78 is 16.2. The van der Waals surface area contributed by atoms with Crippen LogP contribution in [-0.2, 0) is 19.0 Å². The predicted molar refractivity (Wildman–Crippen MR) is 134 cm³/mol. The number of carbonyl (C=O) groups is 1. The Labute approximate surface area is 206 Å². The summed E-state index contributed by atoms with van der Waals surface area (Å²) >= 11 is 0. The molecule has 0 atom stereocenters. The standard InChI is InChI=1S/C24H38N6O5/c1-16-25-19-20(22(32)26-16)27-23(28-21(19)29-12-9-17(34-6)10-13-29)30(14-15-33-5)11-7-8-18(31)35-24(2,3)4/h17H,7-15H2,1-6H3,(H,25,26,32). The van der Waals surface area contributed by atoms with Crippen LogP contribution in [-0.4, -0.2) is 84.6 Å². The molecule has 3 rings (SSSR count). The summed E-state index contributed by atoms with van der Waals surface area (Å²) in [5, 5.41) is 0. The minimum atomic E-state index is -0.522. The van der Waals surface area contributed by atoms with Gasteiger partial charge in [-0.25, -0.2) is 9.97 Å². The molecule has 0 aliphatic carbocycles. The number of nitrogens with one attached hydrogen (secondary N) is 1. The topological polar surface area (TPSA) is 123 Å². The number of piperidine rings is 1. The molecule has 3 heterocycles. The molecule has 35 heavy (non-hydrogen) atoms. The fourth-order valence-electron chi connectivity index (χ4n) is 4.10. The summed E-state index contributed by atoms with van der Waals surface area (Å²) in [6.45, 7) is 10.3. The van der Waals surface area contributed by atoms with Gasteiger partial charge in [0, 0.05) is 46.8 Å². The normalized spacial score (nSPS) is 15.0. The lowest BCUT2D eigenvalue weighted by atomic mass is 10.1. The number of nitrogens with zero attached hydrogens (tertiary/aromatic N) is 5. The highest BCUT2D eigenvalue weighted by Gasteiger charge is 2.25. The van der Waals surface area contributed by atoms with Crippen molar-refractivity contribution in [1.82, 2.24) is 19.9 Å². The van der Waals surface area contributed by atoms with Crippen LogP contribution < -0.4 is 15.4 Å². The SMILES string of the molecule is COCCN(CCCC(=O)OC(C)(C)C)c1nc(N2CCC(OC)CC2)c2nc(C)[nH]c(=O)c2n1. The zero-order chi connectivity index (χ0) is 25.6. The molecule has 1 aliphatic rings. The molecule has 1 N–H and O–H groups in total. The first-order valence-corrected chi connectivity index (χ1v) is 12.1. The molecule has 194 valence electrons. The number of aromatic amines is 1. The molecule has 11 nitrogen and oxygen atoms in total. The number of carbonyl (C=O) groups excluding carboxylic acids is 1. The number of aryl methyl sites for hydroxylation is 1. The number of esters is 1. The van der Waals surface area contributed by atoms with Gasteiger partial charge in [0.15, 0.2) is 11.3 Å². The Hall–Kier alpha value is -2.79. The zero-order valence-corrected chi connectivity index (χ0v) is 21.7. The van der Waals surface area contributed by atoms with Gasteiger partial charge >= 0.3 is 5.97 Å². The highest BCUT2D eigenvalue weighted by molar-refractivity contribution is 5.86. The summed E-state index contributed by atoms with van der Waals surface area (Å²) in [6, 6.07) is 0. The van der Waals surface area contributed by atoms with E-state index in [9.17, 15) is 9.59 Å².